The number of aromatic nitrogens is 2. The fraction of sp³-hybridized carbons (Fsp3) is 0.312. The summed E-state index contributed by atoms with van der Waals surface area (Å²) in [7, 11) is -3.70. The summed E-state index contributed by atoms with van der Waals surface area (Å²) in [4.78, 5) is 21.2. The van der Waals surface area contributed by atoms with Gasteiger partial charge in [0.15, 0.2) is 9.84 Å². The molecule has 0 aliphatic carbocycles. The third-order valence-electron chi connectivity index (χ3n) is 3.60. The van der Waals surface area contributed by atoms with E-state index >= 15 is 0 Å². The minimum absolute atomic E-state index is 0.0315. The molecule has 0 fully saturated rings. The number of anilines is 1. The van der Waals surface area contributed by atoms with Crippen molar-refractivity contribution in [3.8, 4) is 0 Å². The molecule has 0 unspecified atom stereocenters. The van der Waals surface area contributed by atoms with Crippen molar-refractivity contribution in [2.24, 2.45) is 0 Å². The molecule has 0 saturated carbocycles. The first-order valence-corrected chi connectivity index (χ1v) is 9.30. The van der Waals surface area contributed by atoms with E-state index in [-0.39, 0.29) is 28.7 Å². The molecule has 1 amide bonds. The zero-order valence-electron chi connectivity index (χ0n) is 14.0. The Morgan fingerprint density at radius 3 is 2.35 bits per heavy atom. The lowest BCUT2D eigenvalue weighted by molar-refractivity contribution is -0.137. The number of carbonyl (C=O) groups excluding carboxylic acids is 1. The van der Waals surface area contributed by atoms with Gasteiger partial charge in [0.1, 0.15) is 11.5 Å². The zero-order valence-corrected chi connectivity index (χ0v) is 14.8. The van der Waals surface area contributed by atoms with Crippen LogP contribution in [0.15, 0.2) is 41.6 Å². The second-order valence-corrected chi connectivity index (χ2v) is 7.45. The maximum atomic E-state index is 12.8. The van der Waals surface area contributed by atoms with E-state index in [1.54, 1.807) is 6.92 Å². The van der Waals surface area contributed by atoms with Crippen LogP contribution in [-0.2, 0) is 16.0 Å². The first kappa shape index (κ1) is 19.8. The largest absolute Gasteiger partial charge is 0.417 e. The van der Waals surface area contributed by atoms with Crippen molar-refractivity contribution in [3.05, 3.63) is 47.9 Å². The molecular weight excluding hydrogens is 371 g/mol. The van der Waals surface area contributed by atoms with E-state index in [9.17, 15) is 26.4 Å². The van der Waals surface area contributed by atoms with Crippen LogP contribution in [0.5, 0.6) is 0 Å². The van der Waals surface area contributed by atoms with E-state index in [4.69, 9.17) is 0 Å². The van der Waals surface area contributed by atoms with Crippen LogP contribution >= 0.6 is 0 Å². The molecule has 0 aliphatic rings. The van der Waals surface area contributed by atoms with E-state index < -0.39 is 27.5 Å². The van der Waals surface area contributed by atoms with Crippen LogP contribution in [0.4, 0.5) is 19.0 Å². The first-order chi connectivity index (χ1) is 12.1. The van der Waals surface area contributed by atoms with Gasteiger partial charge < -0.3 is 0 Å². The number of sulfone groups is 1. The van der Waals surface area contributed by atoms with E-state index in [2.05, 4.69) is 9.97 Å². The molecule has 10 heteroatoms. The van der Waals surface area contributed by atoms with E-state index in [1.807, 2.05) is 0 Å². The molecule has 140 valence electrons. The third-order valence-corrected chi connectivity index (χ3v) is 5.36. The van der Waals surface area contributed by atoms with Crippen LogP contribution in [0.25, 0.3) is 0 Å². The third kappa shape index (κ3) is 4.01. The normalized spacial score (nSPS) is 12.0. The predicted molar refractivity (Wildman–Crippen MR) is 88.6 cm³/mol. The van der Waals surface area contributed by atoms with Gasteiger partial charge in [0.05, 0.1) is 16.2 Å². The van der Waals surface area contributed by atoms with Crippen molar-refractivity contribution in [3.63, 3.8) is 0 Å². The van der Waals surface area contributed by atoms with E-state index in [1.165, 1.54) is 25.3 Å². The molecule has 0 aromatic carbocycles. The summed E-state index contributed by atoms with van der Waals surface area (Å²) in [5, 5.41) is 0. The van der Waals surface area contributed by atoms with Crippen LogP contribution in [0.2, 0.25) is 0 Å². The first-order valence-electron chi connectivity index (χ1n) is 7.64. The Hall–Kier alpha value is -2.49. The lowest BCUT2D eigenvalue weighted by atomic mass is 10.2. The van der Waals surface area contributed by atoms with Gasteiger partial charge in [0.2, 0.25) is 0 Å². The molecule has 26 heavy (non-hydrogen) atoms. The Balaban J connectivity index is 2.45. The van der Waals surface area contributed by atoms with Gasteiger partial charge in [-0.1, -0.05) is 6.92 Å². The number of hydrogen-bond acceptors (Lipinski definition) is 5. The number of rotatable bonds is 5. The van der Waals surface area contributed by atoms with Crippen molar-refractivity contribution in [1.29, 1.82) is 0 Å². The second kappa shape index (κ2) is 7.40. The summed E-state index contributed by atoms with van der Waals surface area (Å²) >= 11 is 0. The van der Waals surface area contributed by atoms with Gasteiger partial charge in [-0.2, -0.15) is 13.2 Å². The van der Waals surface area contributed by atoms with Crippen LogP contribution in [-0.4, -0.2) is 36.6 Å². The smallest absolute Gasteiger partial charge is 0.292 e. The standard InChI is InChI=1S/C16H16F3N3O3S/c1-3-22(13-8-7-11(10-21-13)16(17,18)19)15(23)14-12(6-5-9-20-14)26(24,25)4-2/h5-10H,3-4H2,1-2H3. The summed E-state index contributed by atoms with van der Waals surface area (Å²) in [5.74, 6) is -1.01. The fourth-order valence-corrected chi connectivity index (χ4v) is 3.24. The maximum Gasteiger partial charge on any atom is 0.417 e. The van der Waals surface area contributed by atoms with E-state index in [0.717, 1.165) is 17.0 Å². The van der Waals surface area contributed by atoms with Gasteiger partial charge in [0, 0.05) is 18.9 Å². The van der Waals surface area contributed by atoms with Gasteiger partial charge in [-0.3, -0.25) is 9.69 Å². The number of alkyl halides is 3. The lowest BCUT2D eigenvalue weighted by Gasteiger charge is -2.21. The summed E-state index contributed by atoms with van der Waals surface area (Å²) in [5.41, 5.74) is -1.24. The van der Waals surface area contributed by atoms with Gasteiger partial charge >= 0.3 is 6.18 Å². The van der Waals surface area contributed by atoms with Gasteiger partial charge in [-0.25, -0.2) is 18.4 Å². The Morgan fingerprint density at radius 1 is 1.15 bits per heavy atom. The highest BCUT2D eigenvalue weighted by molar-refractivity contribution is 7.91. The molecule has 0 aliphatic heterocycles. The minimum Gasteiger partial charge on any atom is -0.292 e. The van der Waals surface area contributed by atoms with Crippen molar-refractivity contribution < 1.29 is 26.4 Å². The zero-order chi connectivity index (χ0) is 19.5. The van der Waals surface area contributed by atoms with Gasteiger partial charge in [0.25, 0.3) is 5.91 Å². The van der Waals surface area contributed by atoms with Crippen LogP contribution in [0.1, 0.15) is 29.9 Å². The Kier molecular flexibility index (Phi) is 5.65. The summed E-state index contributed by atoms with van der Waals surface area (Å²) < 4.78 is 62.3. The second-order valence-electron chi connectivity index (χ2n) is 5.21. The number of pyridine rings is 2. The van der Waals surface area contributed by atoms with Crippen molar-refractivity contribution >= 4 is 21.6 Å². The molecule has 2 heterocycles. The van der Waals surface area contributed by atoms with Gasteiger partial charge in [-0.05, 0) is 31.2 Å². The topological polar surface area (TPSA) is 80.2 Å². The van der Waals surface area contributed by atoms with E-state index in [0.29, 0.717) is 6.20 Å². The predicted octanol–water partition coefficient (Wildman–Crippen LogP) is 2.96. The van der Waals surface area contributed by atoms with Crippen molar-refractivity contribution in [2.45, 2.75) is 24.9 Å². The van der Waals surface area contributed by atoms with Crippen LogP contribution in [0.3, 0.4) is 0 Å². The monoisotopic (exact) mass is 387 g/mol. The molecule has 6 nitrogen and oxygen atoms in total. The molecule has 0 N–H and O–H groups in total. The van der Waals surface area contributed by atoms with Crippen LogP contribution in [0, 0.1) is 0 Å². The quantitative estimate of drug-likeness (QED) is 0.788. The number of hydrogen-bond donors (Lipinski definition) is 0. The average Bonchev–Trinajstić information content (AvgIpc) is 2.62. The molecule has 0 spiro atoms. The number of nitrogens with zero attached hydrogens (tertiary/aromatic N) is 3. The molecule has 0 bridgehead atoms. The summed E-state index contributed by atoms with van der Waals surface area (Å²) in [6, 6.07) is 4.53. The summed E-state index contributed by atoms with van der Waals surface area (Å²) in [6.07, 6.45) is -2.65. The number of amides is 1. The molecule has 2 rings (SSSR count). The minimum atomic E-state index is -4.55. The number of carbonyl (C=O) groups is 1. The number of halogens is 3. The Bertz CT molecular complexity index is 897. The highest BCUT2D eigenvalue weighted by Gasteiger charge is 2.32. The SMILES string of the molecule is CCN(C(=O)c1ncccc1S(=O)(=O)CC)c1ccc(C(F)(F)F)cn1. The average molecular weight is 387 g/mol. The Labute approximate surface area is 148 Å². The Morgan fingerprint density at radius 2 is 1.85 bits per heavy atom. The molecule has 2 aromatic rings. The highest BCUT2D eigenvalue weighted by Crippen LogP contribution is 2.29. The molecule has 2 aromatic heterocycles. The van der Waals surface area contributed by atoms with Crippen molar-refractivity contribution in [2.75, 3.05) is 17.2 Å². The summed E-state index contributed by atoms with van der Waals surface area (Å²) in [6.45, 7) is 3.10. The van der Waals surface area contributed by atoms with Gasteiger partial charge in [-0.15, -0.1) is 0 Å². The van der Waals surface area contributed by atoms with Crippen molar-refractivity contribution in [1.82, 2.24) is 9.97 Å². The molecule has 0 atom stereocenters. The molecular formula is C16H16F3N3O3S. The van der Waals surface area contributed by atoms with Crippen LogP contribution < -0.4 is 4.90 Å². The fourth-order valence-electron chi connectivity index (χ4n) is 2.21. The highest BCUT2D eigenvalue weighted by atomic mass is 32.2. The lowest BCUT2D eigenvalue weighted by Crippen LogP contribution is -2.33. The molecule has 0 saturated heterocycles. The molecule has 0 radical (unpaired) electrons. The maximum absolute atomic E-state index is 12.8.